The summed E-state index contributed by atoms with van der Waals surface area (Å²) in [6.45, 7) is 4.66. The highest BCUT2D eigenvalue weighted by Crippen LogP contribution is 2.11. The van der Waals surface area contributed by atoms with Gasteiger partial charge < -0.3 is 15.8 Å². The van der Waals surface area contributed by atoms with Gasteiger partial charge in [-0.1, -0.05) is 10.3 Å². The largest absolute Gasteiger partial charge is 0.409 e. The number of hydrogen-bond donors (Lipinski definition) is 2. The van der Waals surface area contributed by atoms with E-state index in [9.17, 15) is 0 Å². The summed E-state index contributed by atoms with van der Waals surface area (Å²) in [4.78, 5) is 1.98. The van der Waals surface area contributed by atoms with E-state index in [2.05, 4.69) is 20.7 Å². The molecule has 1 heterocycles. The fourth-order valence-corrected chi connectivity index (χ4v) is 1.34. The van der Waals surface area contributed by atoms with E-state index in [1.165, 1.54) is 0 Å². The number of amidine groups is 1. The van der Waals surface area contributed by atoms with Crippen LogP contribution in [0.2, 0.25) is 0 Å². The predicted octanol–water partition coefficient (Wildman–Crippen LogP) is -0.439. The summed E-state index contributed by atoms with van der Waals surface area (Å²) in [7, 11) is 1.77. The van der Waals surface area contributed by atoms with Gasteiger partial charge in [-0.15, -0.1) is 0 Å². The molecule has 1 rings (SSSR count). The molecule has 1 aromatic heterocycles. The maximum Gasteiger partial charge on any atom is 0.245 e. The Kier molecular flexibility index (Phi) is 4.03. The lowest BCUT2D eigenvalue weighted by Crippen LogP contribution is -2.36. The molecule has 8 heteroatoms. The molecule has 0 amide bonds. The average molecular weight is 227 g/mol. The van der Waals surface area contributed by atoms with Crippen molar-refractivity contribution in [2.24, 2.45) is 17.9 Å². The van der Waals surface area contributed by atoms with Gasteiger partial charge in [-0.05, 0) is 24.3 Å². The molecule has 16 heavy (non-hydrogen) atoms. The highest BCUT2D eigenvalue weighted by atomic mass is 16.4. The minimum atomic E-state index is 0.195. The smallest absolute Gasteiger partial charge is 0.245 e. The number of aryl methyl sites for hydroxylation is 1. The molecular formula is C8H17N7O. The van der Waals surface area contributed by atoms with Crippen LogP contribution in [0.5, 0.6) is 0 Å². The molecule has 0 atom stereocenters. The lowest BCUT2D eigenvalue weighted by molar-refractivity contribution is 0.317. The first-order valence-corrected chi connectivity index (χ1v) is 5.01. The van der Waals surface area contributed by atoms with Crippen molar-refractivity contribution in [1.82, 2.24) is 20.2 Å². The number of nitrogens with zero attached hydrogens (tertiary/aromatic N) is 6. The zero-order chi connectivity index (χ0) is 12.1. The molecule has 0 bridgehead atoms. The maximum atomic E-state index is 8.47. The van der Waals surface area contributed by atoms with E-state index in [-0.39, 0.29) is 11.9 Å². The van der Waals surface area contributed by atoms with Crippen molar-refractivity contribution < 1.29 is 5.21 Å². The third kappa shape index (κ3) is 2.81. The third-order valence-electron chi connectivity index (χ3n) is 2.22. The van der Waals surface area contributed by atoms with Crippen molar-refractivity contribution in [3.05, 3.63) is 0 Å². The Balaban J connectivity index is 2.73. The van der Waals surface area contributed by atoms with E-state index in [0.29, 0.717) is 18.9 Å². The Morgan fingerprint density at radius 1 is 1.62 bits per heavy atom. The summed E-state index contributed by atoms with van der Waals surface area (Å²) in [5, 5.41) is 22.7. The van der Waals surface area contributed by atoms with E-state index in [0.717, 1.165) is 0 Å². The summed E-state index contributed by atoms with van der Waals surface area (Å²) in [6, 6.07) is 0.233. The van der Waals surface area contributed by atoms with Crippen LogP contribution in [0.3, 0.4) is 0 Å². The van der Waals surface area contributed by atoms with Gasteiger partial charge in [0.25, 0.3) is 0 Å². The molecule has 0 aliphatic carbocycles. The molecule has 0 saturated carbocycles. The van der Waals surface area contributed by atoms with Gasteiger partial charge in [-0.2, -0.15) is 0 Å². The first-order chi connectivity index (χ1) is 7.56. The standard InChI is InChI=1S/C8H17N7O/c1-6(2)15(5-4-7(9)11-16)8-10-12-13-14(8)3/h6,16H,4-5H2,1-3H3,(H2,9,11). The molecule has 0 aliphatic heterocycles. The molecule has 0 fully saturated rings. The summed E-state index contributed by atoms with van der Waals surface area (Å²) in [6.07, 6.45) is 0.460. The first kappa shape index (κ1) is 12.2. The Morgan fingerprint density at radius 3 is 2.75 bits per heavy atom. The van der Waals surface area contributed by atoms with Crippen LogP contribution in [0, 0.1) is 0 Å². The van der Waals surface area contributed by atoms with Crippen molar-refractivity contribution in [3.63, 3.8) is 0 Å². The summed E-state index contributed by atoms with van der Waals surface area (Å²) in [5.74, 6) is 0.863. The van der Waals surface area contributed by atoms with Crippen LogP contribution >= 0.6 is 0 Å². The minimum Gasteiger partial charge on any atom is -0.409 e. The summed E-state index contributed by atoms with van der Waals surface area (Å²) >= 11 is 0. The maximum absolute atomic E-state index is 8.47. The zero-order valence-electron chi connectivity index (χ0n) is 9.70. The number of hydrogen-bond acceptors (Lipinski definition) is 6. The van der Waals surface area contributed by atoms with Crippen LogP contribution in [0.4, 0.5) is 5.95 Å². The molecule has 0 saturated heterocycles. The van der Waals surface area contributed by atoms with Crippen molar-refractivity contribution in [3.8, 4) is 0 Å². The quantitative estimate of drug-likeness (QED) is 0.306. The van der Waals surface area contributed by atoms with Gasteiger partial charge >= 0.3 is 0 Å². The lowest BCUT2D eigenvalue weighted by atomic mass is 10.3. The van der Waals surface area contributed by atoms with Gasteiger partial charge in [0, 0.05) is 26.1 Å². The van der Waals surface area contributed by atoms with Crippen LogP contribution in [-0.4, -0.2) is 43.8 Å². The molecule has 3 N–H and O–H groups in total. The molecule has 0 aromatic carbocycles. The molecule has 0 unspecified atom stereocenters. The molecule has 8 nitrogen and oxygen atoms in total. The number of oxime groups is 1. The second-order valence-electron chi connectivity index (χ2n) is 3.73. The Labute approximate surface area is 93.7 Å². The summed E-state index contributed by atoms with van der Waals surface area (Å²) in [5.41, 5.74) is 5.43. The molecule has 1 aromatic rings. The number of tetrazole rings is 1. The van der Waals surface area contributed by atoms with Gasteiger partial charge in [0.05, 0.1) is 0 Å². The van der Waals surface area contributed by atoms with E-state index >= 15 is 0 Å². The number of nitrogens with two attached hydrogens (primary N) is 1. The van der Waals surface area contributed by atoms with Gasteiger partial charge in [0.2, 0.25) is 5.95 Å². The second kappa shape index (κ2) is 5.29. The van der Waals surface area contributed by atoms with Crippen LogP contribution in [-0.2, 0) is 7.05 Å². The van der Waals surface area contributed by atoms with Crippen molar-refractivity contribution in [2.75, 3.05) is 11.4 Å². The number of aromatic nitrogens is 4. The Hall–Kier alpha value is -1.86. The van der Waals surface area contributed by atoms with Crippen LogP contribution in [0.15, 0.2) is 5.16 Å². The number of rotatable bonds is 5. The molecular weight excluding hydrogens is 210 g/mol. The lowest BCUT2D eigenvalue weighted by Gasteiger charge is -2.26. The average Bonchev–Trinajstić information content (AvgIpc) is 2.64. The molecule has 0 radical (unpaired) electrons. The topological polar surface area (TPSA) is 105 Å². The monoisotopic (exact) mass is 227 g/mol. The van der Waals surface area contributed by atoms with Crippen molar-refractivity contribution >= 4 is 11.8 Å². The number of anilines is 1. The van der Waals surface area contributed by atoms with E-state index in [4.69, 9.17) is 10.9 Å². The van der Waals surface area contributed by atoms with Crippen LogP contribution in [0.1, 0.15) is 20.3 Å². The minimum absolute atomic E-state index is 0.195. The SMILES string of the molecule is CC(C)N(CCC(N)=NO)c1nnnn1C. The van der Waals surface area contributed by atoms with Crippen LogP contribution in [0.25, 0.3) is 0 Å². The molecule has 90 valence electrons. The Morgan fingerprint density at radius 2 is 2.31 bits per heavy atom. The van der Waals surface area contributed by atoms with Gasteiger partial charge in [0.15, 0.2) is 0 Å². The van der Waals surface area contributed by atoms with Crippen molar-refractivity contribution in [2.45, 2.75) is 26.3 Å². The highest BCUT2D eigenvalue weighted by Gasteiger charge is 2.16. The van der Waals surface area contributed by atoms with Crippen molar-refractivity contribution in [1.29, 1.82) is 0 Å². The van der Waals surface area contributed by atoms with Gasteiger partial charge in [-0.25, -0.2) is 4.68 Å². The van der Waals surface area contributed by atoms with E-state index in [1.54, 1.807) is 11.7 Å². The second-order valence-corrected chi connectivity index (χ2v) is 3.73. The molecule has 0 spiro atoms. The predicted molar refractivity (Wildman–Crippen MR) is 59.3 cm³/mol. The fourth-order valence-electron chi connectivity index (χ4n) is 1.34. The zero-order valence-corrected chi connectivity index (χ0v) is 9.70. The van der Waals surface area contributed by atoms with Gasteiger partial charge in [0.1, 0.15) is 5.84 Å². The van der Waals surface area contributed by atoms with Gasteiger partial charge in [-0.3, -0.25) is 0 Å². The first-order valence-electron chi connectivity index (χ1n) is 5.01. The normalized spacial score (nSPS) is 12.1. The van der Waals surface area contributed by atoms with E-state index in [1.807, 2.05) is 18.7 Å². The van der Waals surface area contributed by atoms with E-state index < -0.39 is 0 Å². The fraction of sp³-hybridized carbons (Fsp3) is 0.750. The molecule has 0 aliphatic rings. The highest BCUT2D eigenvalue weighted by molar-refractivity contribution is 5.80. The van der Waals surface area contributed by atoms with Crippen LogP contribution < -0.4 is 10.6 Å². The Bertz CT molecular complexity index is 359. The summed E-state index contributed by atoms with van der Waals surface area (Å²) < 4.78 is 1.59. The third-order valence-corrected chi connectivity index (χ3v) is 2.22.